The molecule has 2 nitrogen and oxygen atoms in total. The quantitative estimate of drug-likeness (QED) is 0.794. The summed E-state index contributed by atoms with van der Waals surface area (Å²) in [7, 11) is 2.07. The summed E-state index contributed by atoms with van der Waals surface area (Å²) < 4.78 is 0. The van der Waals surface area contributed by atoms with Crippen LogP contribution in [0.2, 0.25) is 5.02 Å². The molecule has 1 aromatic carbocycles. The van der Waals surface area contributed by atoms with Gasteiger partial charge >= 0.3 is 0 Å². The van der Waals surface area contributed by atoms with Crippen LogP contribution in [0.1, 0.15) is 26.7 Å². The molecule has 0 saturated carbocycles. The molecule has 0 spiro atoms. The van der Waals surface area contributed by atoms with Gasteiger partial charge in [-0.15, -0.1) is 0 Å². The Labute approximate surface area is 103 Å². The standard InChI is InChI=1S/C13H21ClN2/c1-4-10(5-2)9-16(3)13-8-11(14)6-7-12(13)15/h6-8,10H,4-5,9,15H2,1-3H3. The molecule has 3 heteroatoms. The number of anilines is 2. The van der Waals surface area contributed by atoms with E-state index in [4.69, 9.17) is 17.3 Å². The minimum Gasteiger partial charge on any atom is -0.397 e. The van der Waals surface area contributed by atoms with Gasteiger partial charge in [-0.1, -0.05) is 38.3 Å². The fourth-order valence-corrected chi connectivity index (χ4v) is 2.05. The molecule has 0 amide bonds. The fraction of sp³-hybridized carbons (Fsp3) is 0.538. The molecule has 2 N–H and O–H groups in total. The molecule has 1 rings (SSSR count). The second-order valence-corrected chi connectivity index (χ2v) is 4.70. The Morgan fingerprint density at radius 3 is 2.50 bits per heavy atom. The summed E-state index contributed by atoms with van der Waals surface area (Å²) in [5.41, 5.74) is 7.77. The van der Waals surface area contributed by atoms with Crippen molar-refractivity contribution in [1.29, 1.82) is 0 Å². The third kappa shape index (κ3) is 3.31. The third-order valence-corrected chi connectivity index (χ3v) is 3.33. The van der Waals surface area contributed by atoms with Crippen LogP contribution in [0.15, 0.2) is 18.2 Å². The van der Waals surface area contributed by atoms with Gasteiger partial charge < -0.3 is 10.6 Å². The third-order valence-electron chi connectivity index (χ3n) is 3.09. The van der Waals surface area contributed by atoms with Gasteiger partial charge in [-0.25, -0.2) is 0 Å². The molecule has 0 aliphatic heterocycles. The van der Waals surface area contributed by atoms with Crippen molar-refractivity contribution in [3.63, 3.8) is 0 Å². The zero-order valence-corrected chi connectivity index (χ0v) is 11.1. The maximum atomic E-state index is 5.98. The first-order chi connectivity index (χ1) is 7.58. The van der Waals surface area contributed by atoms with Crippen LogP contribution in [0.25, 0.3) is 0 Å². The monoisotopic (exact) mass is 240 g/mol. The molecule has 1 aromatic rings. The van der Waals surface area contributed by atoms with Crippen LogP contribution >= 0.6 is 11.6 Å². The van der Waals surface area contributed by atoms with E-state index >= 15 is 0 Å². The molecule has 16 heavy (non-hydrogen) atoms. The predicted molar refractivity (Wildman–Crippen MR) is 73.2 cm³/mol. The lowest BCUT2D eigenvalue weighted by atomic mass is 10.0. The summed E-state index contributed by atoms with van der Waals surface area (Å²) in [5, 5.41) is 0.737. The van der Waals surface area contributed by atoms with E-state index in [0.29, 0.717) is 5.92 Å². The number of rotatable bonds is 5. The number of nitrogens with two attached hydrogens (primary N) is 1. The van der Waals surface area contributed by atoms with Gasteiger partial charge in [0.2, 0.25) is 0 Å². The normalized spacial score (nSPS) is 10.8. The largest absolute Gasteiger partial charge is 0.397 e. The highest BCUT2D eigenvalue weighted by Gasteiger charge is 2.10. The molecular weight excluding hydrogens is 220 g/mol. The first kappa shape index (κ1) is 13.2. The molecule has 0 heterocycles. The molecule has 0 atom stereocenters. The Kier molecular flexibility index (Phi) is 4.94. The SMILES string of the molecule is CCC(CC)CN(C)c1cc(Cl)ccc1N. The van der Waals surface area contributed by atoms with Crippen LogP contribution < -0.4 is 10.6 Å². The van der Waals surface area contributed by atoms with Crippen molar-refractivity contribution >= 4 is 23.0 Å². The van der Waals surface area contributed by atoms with E-state index < -0.39 is 0 Å². The van der Waals surface area contributed by atoms with Crippen LogP contribution in [-0.4, -0.2) is 13.6 Å². The molecule has 0 bridgehead atoms. The summed E-state index contributed by atoms with van der Waals surface area (Å²) in [5.74, 6) is 0.711. The zero-order valence-electron chi connectivity index (χ0n) is 10.3. The Morgan fingerprint density at radius 1 is 1.31 bits per heavy atom. The number of nitrogen functional groups attached to an aromatic ring is 1. The minimum absolute atomic E-state index is 0.711. The van der Waals surface area contributed by atoms with Crippen molar-refractivity contribution in [2.24, 2.45) is 5.92 Å². The molecule has 90 valence electrons. The Bertz CT molecular complexity index is 335. The Balaban J connectivity index is 2.79. The Morgan fingerprint density at radius 2 is 1.94 bits per heavy atom. The van der Waals surface area contributed by atoms with Crippen molar-refractivity contribution in [3.05, 3.63) is 23.2 Å². The lowest BCUT2D eigenvalue weighted by Gasteiger charge is -2.25. The van der Waals surface area contributed by atoms with Crippen LogP contribution in [0.5, 0.6) is 0 Å². The van der Waals surface area contributed by atoms with Gasteiger partial charge in [-0.2, -0.15) is 0 Å². The number of nitrogens with zero attached hydrogens (tertiary/aromatic N) is 1. The first-order valence-corrected chi connectivity index (χ1v) is 6.22. The maximum absolute atomic E-state index is 5.98. The van der Waals surface area contributed by atoms with Crippen LogP contribution in [0, 0.1) is 5.92 Å². The van der Waals surface area contributed by atoms with Crippen LogP contribution in [0.4, 0.5) is 11.4 Å². The van der Waals surface area contributed by atoms with Gasteiger partial charge in [0.1, 0.15) is 0 Å². The molecule has 0 radical (unpaired) electrons. The molecule has 0 unspecified atom stereocenters. The van der Waals surface area contributed by atoms with Crippen LogP contribution in [-0.2, 0) is 0 Å². The number of hydrogen-bond donors (Lipinski definition) is 1. The Hall–Kier alpha value is -0.890. The highest BCUT2D eigenvalue weighted by molar-refractivity contribution is 6.31. The summed E-state index contributed by atoms with van der Waals surface area (Å²) in [6.07, 6.45) is 2.39. The van der Waals surface area contributed by atoms with Gasteiger partial charge in [0, 0.05) is 18.6 Å². The number of halogens is 1. The smallest absolute Gasteiger partial charge is 0.0612 e. The molecule has 0 aromatic heterocycles. The zero-order chi connectivity index (χ0) is 12.1. The maximum Gasteiger partial charge on any atom is 0.0612 e. The van der Waals surface area contributed by atoms with Crippen molar-refractivity contribution < 1.29 is 0 Å². The highest BCUT2D eigenvalue weighted by Crippen LogP contribution is 2.27. The van der Waals surface area contributed by atoms with E-state index in [-0.39, 0.29) is 0 Å². The first-order valence-electron chi connectivity index (χ1n) is 5.84. The molecule has 0 aliphatic carbocycles. The molecular formula is C13H21ClN2. The number of hydrogen-bond acceptors (Lipinski definition) is 2. The van der Waals surface area contributed by atoms with Gasteiger partial charge in [-0.05, 0) is 24.1 Å². The second kappa shape index (κ2) is 6.00. The van der Waals surface area contributed by atoms with E-state index in [0.717, 1.165) is 22.9 Å². The molecule has 0 saturated heterocycles. The average molecular weight is 241 g/mol. The van der Waals surface area contributed by atoms with Crippen LogP contribution in [0.3, 0.4) is 0 Å². The topological polar surface area (TPSA) is 29.3 Å². The van der Waals surface area contributed by atoms with Crippen molar-refractivity contribution in [2.75, 3.05) is 24.2 Å². The van der Waals surface area contributed by atoms with Gasteiger partial charge in [0.25, 0.3) is 0 Å². The summed E-state index contributed by atoms with van der Waals surface area (Å²) in [6.45, 7) is 5.48. The van der Waals surface area contributed by atoms with Crippen molar-refractivity contribution in [2.45, 2.75) is 26.7 Å². The van der Waals surface area contributed by atoms with E-state index in [2.05, 4.69) is 25.8 Å². The summed E-state index contributed by atoms with van der Waals surface area (Å²) in [6, 6.07) is 5.62. The molecule has 0 aliphatic rings. The summed E-state index contributed by atoms with van der Waals surface area (Å²) >= 11 is 5.98. The van der Waals surface area contributed by atoms with Crippen molar-refractivity contribution in [1.82, 2.24) is 0 Å². The van der Waals surface area contributed by atoms with E-state index in [1.54, 1.807) is 0 Å². The van der Waals surface area contributed by atoms with Crippen molar-refractivity contribution in [3.8, 4) is 0 Å². The van der Waals surface area contributed by atoms with E-state index in [1.165, 1.54) is 12.8 Å². The lowest BCUT2D eigenvalue weighted by Crippen LogP contribution is -2.25. The highest BCUT2D eigenvalue weighted by atomic mass is 35.5. The predicted octanol–water partition coefficient (Wildman–Crippen LogP) is 3.79. The fourth-order valence-electron chi connectivity index (χ4n) is 1.88. The van der Waals surface area contributed by atoms with E-state index in [9.17, 15) is 0 Å². The molecule has 0 fully saturated rings. The van der Waals surface area contributed by atoms with E-state index in [1.807, 2.05) is 18.2 Å². The van der Waals surface area contributed by atoms with Gasteiger partial charge in [0.15, 0.2) is 0 Å². The minimum atomic E-state index is 0.711. The average Bonchev–Trinajstić information content (AvgIpc) is 2.28. The van der Waals surface area contributed by atoms with Gasteiger partial charge in [-0.3, -0.25) is 0 Å². The van der Waals surface area contributed by atoms with Gasteiger partial charge in [0.05, 0.1) is 11.4 Å². The number of benzene rings is 1. The summed E-state index contributed by atoms with van der Waals surface area (Å²) in [4.78, 5) is 2.19. The lowest BCUT2D eigenvalue weighted by molar-refractivity contribution is 0.494. The second-order valence-electron chi connectivity index (χ2n) is 4.27.